The zero-order valence-corrected chi connectivity index (χ0v) is 14.4. The predicted octanol–water partition coefficient (Wildman–Crippen LogP) is 3.27. The molecule has 122 valence electrons. The number of aromatic nitrogens is 1. The number of carbonyl (C=O) groups excluding carboxylic acids is 1. The van der Waals surface area contributed by atoms with E-state index in [1.54, 1.807) is 0 Å². The highest BCUT2D eigenvalue weighted by molar-refractivity contribution is 7.14. The molecule has 2 heterocycles. The summed E-state index contributed by atoms with van der Waals surface area (Å²) in [5.74, 6) is 0.159. The second-order valence-corrected chi connectivity index (χ2v) is 6.91. The van der Waals surface area contributed by atoms with E-state index in [1.165, 1.54) is 41.7 Å². The van der Waals surface area contributed by atoms with Crippen LogP contribution in [0.3, 0.4) is 0 Å². The van der Waals surface area contributed by atoms with Gasteiger partial charge in [-0.2, -0.15) is 0 Å². The van der Waals surface area contributed by atoms with Crippen molar-refractivity contribution in [1.82, 2.24) is 10.3 Å². The van der Waals surface area contributed by atoms with E-state index in [-0.39, 0.29) is 24.2 Å². The summed E-state index contributed by atoms with van der Waals surface area (Å²) in [6, 6.07) is 6.62. The van der Waals surface area contributed by atoms with Gasteiger partial charge < -0.3 is 10.6 Å². The number of amides is 1. The van der Waals surface area contributed by atoms with Crippen molar-refractivity contribution in [1.29, 1.82) is 0 Å². The Hall–Kier alpha value is -1.43. The van der Waals surface area contributed by atoms with Gasteiger partial charge in [-0.1, -0.05) is 12.1 Å². The molecule has 1 aromatic heterocycles. The van der Waals surface area contributed by atoms with Crippen molar-refractivity contribution in [3.05, 3.63) is 34.7 Å². The highest BCUT2D eigenvalue weighted by Gasteiger charge is 2.23. The van der Waals surface area contributed by atoms with Gasteiger partial charge in [0, 0.05) is 17.5 Å². The van der Waals surface area contributed by atoms with E-state index in [1.807, 2.05) is 5.38 Å². The van der Waals surface area contributed by atoms with E-state index in [4.69, 9.17) is 0 Å². The number of hydrogen-bond acceptors (Lipinski definition) is 4. The summed E-state index contributed by atoms with van der Waals surface area (Å²) >= 11 is 1.50. The fraction of sp³-hybridized carbons (Fsp3) is 0.412. The van der Waals surface area contributed by atoms with Crippen LogP contribution in [0.2, 0.25) is 0 Å². The number of carbonyl (C=O) groups is 1. The van der Waals surface area contributed by atoms with Gasteiger partial charge in [-0.15, -0.1) is 23.7 Å². The van der Waals surface area contributed by atoms with Crippen LogP contribution in [0.5, 0.6) is 0 Å². The number of anilines is 1. The van der Waals surface area contributed by atoms with Gasteiger partial charge in [0.15, 0.2) is 5.13 Å². The highest BCUT2D eigenvalue weighted by Crippen LogP contribution is 2.30. The molecule has 0 radical (unpaired) electrons. The lowest BCUT2D eigenvalue weighted by molar-refractivity contribution is -0.119. The van der Waals surface area contributed by atoms with E-state index in [9.17, 15) is 4.79 Å². The van der Waals surface area contributed by atoms with E-state index in [0.29, 0.717) is 5.13 Å². The van der Waals surface area contributed by atoms with Gasteiger partial charge in [0.2, 0.25) is 5.91 Å². The van der Waals surface area contributed by atoms with E-state index in [2.05, 4.69) is 33.8 Å². The number of hydrogen-bond donors (Lipinski definition) is 2. The molecule has 0 saturated carbocycles. The molecule has 1 aliphatic carbocycles. The molecule has 1 amide bonds. The number of nitrogens with one attached hydrogen (secondary N) is 2. The Morgan fingerprint density at radius 1 is 1.30 bits per heavy atom. The summed E-state index contributed by atoms with van der Waals surface area (Å²) in [4.78, 5) is 16.7. The third-order valence-electron chi connectivity index (χ3n) is 4.56. The van der Waals surface area contributed by atoms with Crippen molar-refractivity contribution >= 4 is 34.8 Å². The zero-order valence-electron chi connectivity index (χ0n) is 12.8. The second-order valence-electron chi connectivity index (χ2n) is 6.05. The average molecular weight is 350 g/mol. The van der Waals surface area contributed by atoms with Gasteiger partial charge in [-0.25, -0.2) is 4.98 Å². The van der Waals surface area contributed by atoms with Gasteiger partial charge in [-0.3, -0.25) is 4.79 Å². The third-order valence-corrected chi connectivity index (χ3v) is 5.32. The minimum atomic E-state index is 0. The molecule has 2 aliphatic rings. The molecule has 2 aromatic rings. The van der Waals surface area contributed by atoms with Crippen LogP contribution >= 0.6 is 23.7 Å². The summed E-state index contributed by atoms with van der Waals surface area (Å²) < 4.78 is 0. The Labute approximate surface area is 146 Å². The number of nitrogens with zero attached hydrogens (tertiary/aromatic N) is 1. The van der Waals surface area contributed by atoms with Gasteiger partial charge in [-0.05, 0) is 49.4 Å². The third kappa shape index (κ3) is 3.42. The number of aryl methyl sites for hydroxylation is 2. The van der Waals surface area contributed by atoms with Crippen molar-refractivity contribution in [3.63, 3.8) is 0 Å². The maximum atomic E-state index is 12.1. The number of rotatable bonds is 3. The Bertz CT molecular complexity index is 710. The molecule has 1 atom stereocenters. The Kier molecular flexibility index (Phi) is 4.99. The predicted molar refractivity (Wildman–Crippen MR) is 96.4 cm³/mol. The van der Waals surface area contributed by atoms with Gasteiger partial charge in [0.25, 0.3) is 0 Å². The topological polar surface area (TPSA) is 54.0 Å². The molecule has 4 nitrogen and oxygen atoms in total. The van der Waals surface area contributed by atoms with Crippen molar-refractivity contribution < 1.29 is 4.79 Å². The summed E-state index contributed by atoms with van der Waals surface area (Å²) in [6.45, 7) is 1.70. The SMILES string of the molecule is Cl.O=C(Nc1nc(-c2ccc3c(c2)CCC3)cs1)C1CCNC1. The summed E-state index contributed by atoms with van der Waals surface area (Å²) in [5, 5.41) is 8.90. The zero-order chi connectivity index (χ0) is 14.9. The normalized spacial score (nSPS) is 19.2. The molecule has 2 N–H and O–H groups in total. The van der Waals surface area contributed by atoms with Crippen molar-refractivity contribution in [3.8, 4) is 11.3 Å². The molecular formula is C17H20ClN3OS. The number of fused-ring (bicyclic) bond motifs is 1. The summed E-state index contributed by atoms with van der Waals surface area (Å²) in [6.07, 6.45) is 4.54. The molecule has 1 aromatic carbocycles. The Morgan fingerprint density at radius 3 is 3.00 bits per heavy atom. The minimum Gasteiger partial charge on any atom is -0.316 e. The first-order valence-electron chi connectivity index (χ1n) is 7.89. The van der Waals surface area contributed by atoms with Gasteiger partial charge in [0.05, 0.1) is 11.6 Å². The van der Waals surface area contributed by atoms with Crippen LogP contribution in [0, 0.1) is 5.92 Å². The number of benzene rings is 1. The van der Waals surface area contributed by atoms with Crippen LogP contribution in [-0.2, 0) is 17.6 Å². The maximum absolute atomic E-state index is 12.1. The van der Waals surface area contributed by atoms with Crippen LogP contribution < -0.4 is 10.6 Å². The number of halogens is 1. The van der Waals surface area contributed by atoms with Gasteiger partial charge in [0.1, 0.15) is 0 Å². The number of thiazole rings is 1. The highest BCUT2D eigenvalue weighted by atomic mass is 35.5. The maximum Gasteiger partial charge on any atom is 0.230 e. The quantitative estimate of drug-likeness (QED) is 0.894. The largest absolute Gasteiger partial charge is 0.316 e. The van der Waals surface area contributed by atoms with Crippen LogP contribution in [0.15, 0.2) is 23.6 Å². The molecule has 0 spiro atoms. The first-order chi connectivity index (χ1) is 10.8. The molecule has 1 aliphatic heterocycles. The minimum absolute atomic E-state index is 0. The van der Waals surface area contributed by atoms with Crippen molar-refractivity contribution in [2.24, 2.45) is 5.92 Å². The van der Waals surface area contributed by atoms with Crippen molar-refractivity contribution in [2.75, 3.05) is 18.4 Å². The summed E-state index contributed by atoms with van der Waals surface area (Å²) in [7, 11) is 0. The van der Waals surface area contributed by atoms with Crippen LogP contribution in [0.1, 0.15) is 24.0 Å². The lowest BCUT2D eigenvalue weighted by atomic mass is 10.1. The standard InChI is InChI=1S/C17H19N3OS.ClH/c21-16(14-6-7-18-9-14)20-17-19-15(10-22-17)13-5-4-11-2-1-3-12(11)8-13;/h4-5,8,10,14,18H,1-3,6-7,9H2,(H,19,20,21);1H. The van der Waals surface area contributed by atoms with Crippen LogP contribution in [-0.4, -0.2) is 24.0 Å². The average Bonchev–Trinajstić information content (AvgIpc) is 3.27. The first kappa shape index (κ1) is 16.4. The molecule has 4 rings (SSSR count). The summed E-state index contributed by atoms with van der Waals surface area (Å²) in [5.41, 5.74) is 5.04. The van der Waals surface area contributed by atoms with Crippen LogP contribution in [0.25, 0.3) is 11.3 Å². The smallest absolute Gasteiger partial charge is 0.230 e. The van der Waals surface area contributed by atoms with Crippen molar-refractivity contribution in [2.45, 2.75) is 25.7 Å². The molecule has 1 saturated heterocycles. The van der Waals surface area contributed by atoms with E-state index < -0.39 is 0 Å². The fourth-order valence-electron chi connectivity index (χ4n) is 3.28. The van der Waals surface area contributed by atoms with E-state index >= 15 is 0 Å². The van der Waals surface area contributed by atoms with Crippen LogP contribution in [0.4, 0.5) is 5.13 Å². The van der Waals surface area contributed by atoms with Gasteiger partial charge >= 0.3 is 0 Å². The monoisotopic (exact) mass is 349 g/mol. The molecule has 1 fully saturated rings. The lowest BCUT2D eigenvalue weighted by Gasteiger charge is -2.06. The molecule has 0 bridgehead atoms. The molecule has 1 unspecified atom stereocenters. The molecular weight excluding hydrogens is 330 g/mol. The lowest BCUT2D eigenvalue weighted by Crippen LogP contribution is -2.24. The fourth-order valence-corrected chi connectivity index (χ4v) is 4.00. The Balaban J connectivity index is 0.00000156. The Morgan fingerprint density at radius 2 is 2.17 bits per heavy atom. The second kappa shape index (κ2) is 6.99. The first-order valence-corrected chi connectivity index (χ1v) is 8.77. The van der Waals surface area contributed by atoms with E-state index in [0.717, 1.165) is 30.8 Å². The molecule has 6 heteroatoms. The molecule has 23 heavy (non-hydrogen) atoms.